The summed E-state index contributed by atoms with van der Waals surface area (Å²) in [6.07, 6.45) is 2.51. The van der Waals surface area contributed by atoms with Crippen molar-refractivity contribution in [1.29, 1.82) is 0 Å². The van der Waals surface area contributed by atoms with Gasteiger partial charge in [0.25, 0.3) is 0 Å². The maximum absolute atomic E-state index is 12.6. The quantitative estimate of drug-likeness (QED) is 0.832. The average molecular weight is 336 g/mol. The van der Waals surface area contributed by atoms with Crippen molar-refractivity contribution < 1.29 is 4.79 Å². The van der Waals surface area contributed by atoms with E-state index in [1.165, 1.54) is 16.7 Å². The van der Waals surface area contributed by atoms with Crippen LogP contribution in [0.5, 0.6) is 0 Å². The molecular weight excluding hydrogens is 308 g/mol. The van der Waals surface area contributed by atoms with Crippen molar-refractivity contribution in [3.8, 4) is 0 Å². The van der Waals surface area contributed by atoms with E-state index in [2.05, 4.69) is 71.3 Å². The summed E-state index contributed by atoms with van der Waals surface area (Å²) < 4.78 is 0. The third kappa shape index (κ3) is 5.43. The second kappa shape index (κ2) is 8.82. The highest BCUT2D eigenvalue weighted by molar-refractivity contribution is 5.76. The molecule has 0 aliphatic carbocycles. The Morgan fingerprint density at radius 2 is 1.64 bits per heavy atom. The molecule has 0 aromatic heterocycles. The number of carbonyl (C=O) groups is 1. The number of amides is 1. The molecule has 0 radical (unpaired) electrons. The Morgan fingerprint density at radius 3 is 2.40 bits per heavy atom. The highest BCUT2D eigenvalue weighted by atomic mass is 16.2. The van der Waals surface area contributed by atoms with Gasteiger partial charge < -0.3 is 4.90 Å². The van der Waals surface area contributed by atoms with E-state index < -0.39 is 0 Å². The molecule has 1 aliphatic heterocycles. The highest BCUT2D eigenvalue weighted by Crippen LogP contribution is 2.11. The van der Waals surface area contributed by atoms with Crippen molar-refractivity contribution in [3.05, 3.63) is 71.3 Å². The van der Waals surface area contributed by atoms with Crippen molar-refractivity contribution in [3.63, 3.8) is 0 Å². The first-order valence-corrected chi connectivity index (χ1v) is 9.30. The first-order valence-electron chi connectivity index (χ1n) is 9.30. The molecule has 0 spiro atoms. The lowest BCUT2D eigenvalue weighted by Gasteiger charge is -2.22. The molecule has 0 atom stereocenters. The van der Waals surface area contributed by atoms with Crippen LogP contribution in [0.3, 0.4) is 0 Å². The second-order valence-corrected chi connectivity index (χ2v) is 6.98. The molecule has 1 fully saturated rings. The number of aryl methyl sites for hydroxylation is 2. The van der Waals surface area contributed by atoms with Crippen molar-refractivity contribution >= 4 is 5.91 Å². The van der Waals surface area contributed by atoms with E-state index in [9.17, 15) is 4.79 Å². The van der Waals surface area contributed by atoms with Crippen LogP contribution in [-0.4, -0.2) is 41.9 Å². The maximum atomic E-state index is 12.6. The van der Waals surface area contributed by atoms with Crippen LogP contribution in [0.4, 0.5) is 0 Å². The van der Waals surface area contributed by atoms with E-state index in [0.717, 1.165) is 45.6 Å². The van der Waals surface area contributed by atoms with Gasteiger partial charge in [-0.25, -0.2) is 0 Å². The number of benzene rings is 2. The second-order valence-electron chi connectivity index (χ2n) is 6.98. The molecule has 1 heterocycles. The van der Waals surface area contributed by atoms with Gasteiger partial charge in [-0.3, -0.25) is 9.69 Å². The van der Waals surface area contributed by atoms with Gasteiger partial charge in [-0.1, -0.05) is 60.2 Å². The third-order valence-electron chi connectivity index (χ3n) is 4.94. The summed E-state index contributed by atoms with van der Waals surface area (Å²) in [4.78, 5) is 17.1. The van der Waals surface area contributed by atoms with Crippen LogP contribution in [0.15, 0.2) is 54.6 Å². The molecule has 0 unspecified atom stereocenters. The van der Waals surface area contributed by atoms with Crippen LogP contribution in [0.2, 0.25) is 0 Å². The first-order chi connectivity index (χ1) is 12.2. The third-order valence-corrected chi connectivity index (χ3v) is 4.94. The zero-order valence-electron chi connectivity index (χ0n) is 15.2. The predicted octanol–water partition coefficient (Wildman–Crippen LogP) is 3.66. The van der Waals surface area contributed by atoms with Gasteiger partial charge in [0.05, 0.1) is 0 Å². The lowest BCUT2D eigenvalue weighted by molar-refractivity contribution is -0.131. The Balaban J connectivity index is 1.47. The van der Waals surface area contributed by atoms with Crippen molar-refractivity contribution in [1.82, 2.24) is 9.80 Å². The highest BCUT2D eigenvalue weighted by Gasteiger charge is 2.18. The van der Waals surface area contributed by atoms with Crippen LogP contribution in [0.25, 0.3) is 0 Å². The van der Waals surface area contributed by atoms with Gasteiger partial charge in [0, 0.05) is 39.1 Å². The molecule has 3 heteroatoms. The Bertz CT molecular complexity index is 666. The van der Waals surface area contributed by atoms with E-state index >= 15 is 0 Å². The van der Waals surface area contributed by atoms with Crippen LogP contribution in [0, 0.1) is 6.92 Å². The van der Waals surface area contributed by atoms with Crippen molar-refractivity contribution in [2.24, 2.45) is 0 Å². The zero-order valence-corrected chi connectivity index (χ0v) is 15.2. The molecular formula is C22H28N2O. The lowest BCUT2D eigenvalue weighted by Crippen LogP contribution is -2.35. The molecule has 132 valence electrons. The number of carbonyl (C=O) groups excluding carboxylic acids is 1. The van der Waals surface area contributed by atoms with E-state index in [-0.39, 0.29) is 0 Å². The summed E-state index contributed by atoms with van der Waals surface area (Å²) in [6, 6.07) is 19.1. The largest absolute Gasteiger partial charge is 0.341 e. The molecule has 0 bridgehead atoms. The number of nitrogens with zero attached hydrogens (tertiary/aromatic N) is 2. The summed E-state index contributed by atoms with van der Waals surface area (Å²) >= 11 is 0. The van der Waals surface area contributed by atoms with Crippen molar-refractivity contribution in [2.45, 2.75) is 32.7 Å². The Labute approximate surface area is 151 Å². The fraction of sp³-hybridized carbons (Fsp3) is 0.409. The number of hydrogen-bond acceptors (Lipinski definition) is 2. The first kappa shape index (κ1) is 17.7. The van der Waals surface area contributed by atoms with Crippen LogP contribution in [-0.2, 0) is 17.8 Å². The molecule has 1 saturated heterocycles. The molecule has 1 amide bonds. The van der Waals surface area contributed by atoms with Gasteiger partial charge in [-0.05, 0) is 30.9 Å². The minimum Gasteiger partial charge on any atom is -0.341 e. The fourth-order valence-electron chi connectivity index (χ4n) is 3.38. The van der Waals surface area contributed by atoms with Gasteiger partial charge in [0.2, 0.25) is 5.91 Å². The van der Waals surface area contributed by atoms with Gasteiger partial charge in [-0.15, -0.1) is 0 Å². The standard InChI is InChI=1S/C22H28N2O/c1-19-8-10-20(11-9-19)12-13-22(25)24-15-5-14-23(16-17-24)18-21-6-3-2-4-7-21/h2-4,6-11H,5,12-18H2,1H3. The molecule has 0 saturated carbocycles. The van der Waals surface area contributed by atoms with Crippen LogP contribution < -0.4 is 0 Å². The van der Waals surface area contributed by atoms with E-state index in [0.29, 0.717) is 12.3 Å². The summed E-state index contributed by atoms with van der Waals surface area (Å²) in [6.45, 7) is 6.83. The SMILES string of the molecule is Cc1ccc(CCC(=O)N2CCCN(Cc3ccccc3)CC2)cc1. The van der Waals surface area contributed by atoms with Crippen LogP contribution >= 0.6 is 0 Å². The van der Waals surface area contributed by atoms with E-state index in [4.69, 9.17) is 0 Å². The van der Waals surface area contributed by atoms with Gasteiger partial charge in [-0.2, -0.15) is 0 Å². The normalized spacial score (nSPS) is 15.8. The minimum atomic E-state index is 0.294. The lowest BCUT2D eigenvalue weighted by atomic mass is 10.1. The summed E-state index contributed by atoms with van der Waals surface area (Å²) in [5.74, 6) is 0.294. The smallest absolute Gasteiger partial charge is 0.222 e. The molecule has 1 aliphatic rings. The van der Waals surface area contributed by atoms with Gasteiger partial charge >= 0.3 is 0 Å². The molecule has 2 aromatic rings. The summed E-state index contributed by atoms with van der Waals surface area (Å²) in [5.41, 5.74) is 3.86. The van der Waals surface area contributed by atoms with E-state index in [1.54, 1.807) is 0 Å². The fourth-order valence-corrected chi connectivity index (χ4v) is 3.38. The number of hydrogen-bond donors (Lipinski definition) is 0. The Morgan fingerprint density at radius 1 is 0.880 bits per heavy atom. The predicted molar refractivity (Wildman–Crippen MR) is 102 cm³/mol. The molecule has 25 heavy (non-hydrogen) atoms. The topological polar surface area (TPSA) is 23.6 Å². The Hall–Kier alpha value is -2.13. The minimum absolute atomic E-state index is 0.294. The molecule has 3 nitrogen and oxygen atoms in total. The zero-order chi connectivity index (χ0) is 17.5. The number of rotatable bonds is 5. The Kier molecular flexibility index (Phi) is 6.24. The average Bonchev–Trinajstić information content (AvgIpc) is 2.87. The monoisotopic (exact) mass is 336 g/mol. The molecule has 3 rings (SSSR count). The summed E-state index contributed by atoms with van der Waals surface area (Å²) in [7, 11) is 0. The maximum Gasteiger partial charge on any atom is 0.222 e. The van der Waals surface area contributed by atoms with E-state index in [1.807, 2.05) is 0 Å². The van der Waals surface area contributed by atoms with Gasteiger partial charge in [0.15, 0.2) is 0 Å². The summed E-state index contributed by atoms with van der Waals surface area (Å²) in [5, 5.41) is 0. The molecule has 2 aromatic carbocycles. The molecule has 0 N–H and O–H groups in total. The van der Waals surface area contributed by atoms with Gasteiger partial charge in [0.1, 0.15) is 0 Å². The van der Waals surface area contributed by atoms with Crippen LogP contribution in [0.1, 0.15) is 29.5 Å². The van der Waals surface area contributed by atoms with Crippen molar-refractivity contribution in [2.75, 3.05) is 26.2 Å².